The maximum atomic E-state index is 5.90. The zero-order valence-electron chi connectivity index (χ0n) is 11.3. The smallest absolute Gasteiger partial charge is 0.127 e. The zero-order chi connectivity index (χ0) is 13.2. The van der Waals surface area contributed by atoms with Crippen LogP contribution in [0, 0.1) is 0 Å². The van der Waals surface area contributed by atoms with E-state index in [2.05, 4.69) is 27.3 Å². The van der Waals surface area contributed by atoms with Crippen LogP contribution in [0.25, 0.3) is 0 Å². The Morgan fingerprint density at radius 1 is 1.53 bits per heavy atom. The zero-order valence-corrected chi connectivity index (χ0v) is 12.9. The first-order valence-corrected chi connectivity index (χ1v) is 7.77. The monoisotopic (exact) mass is 325 g/mol. The Labute approximate surface area is 122 Å². The van der Waals surface area contributed by atoms with Gasteiger partial charge in [0, 0.05) is 36.0 Å². The molecule has 19 heavy (non-hydrogen) atoms. The first-order chi connectivity index (χ1) is 9.31. The predicted molar refractivity (Wildman–Crippen MR) is 78.9 cm³/mol. The number of methoxy groups -OCH3 is 1. The van der Waals surface area contributed by atoms with E-state index in [9.17, 15) is 0 Å². The molecule has 0 saturated carbocycles. The van der Waals surface area contributed by atoms with E-state index < -0.39 is 0 Å². The Balaban J connectivity index is 2.02. The normalized spacial score (nSPS) is 22.1. The molecule has 0 bridgehead atoms. The van der Waals surface area contributed by atoms with Gasteiger partial charge in [0.1, 0.15) is 5.75 Å². The fourth-order valence-corrected chi connectivity index (χ4v) is 3.72. The SMILES string of the molecule is COCc1cc(C2CCCNC2)c2c(c1Br)CCO2. The molecule has 4 heteroatoms. The first-order valence-electron chi connectivity index (χ1n) is 6.98. The van der Waals surface area contributed by atoms with E-state index >= 15 is 0 Å². The van der Waals surface area contributed by atoms with E-state index in [1.54, 1.807) is 7.11 Å². The lowest BCUT2D eigenvalue weighted by Crippen LogP contribution is -2.28. The van der Waals surface area contributed by atoms with Crippen molar-refractivity contribution in [2.45, 2.75) is 31.8 Å². The highest BCUT2D eigenvalue weighted by molar-refractivity contribution is 9.10. The summed E-state index contributed by atoms with van der Waals surface area (Å²) in [5.41, 5.74) is 3.94. The van der Waals surface area contributed by atoms with Crippen molar-refractivity contribution in [2.24, 2.45) is 0 Å². The van der Waals surface area contributed by atoms with Gasteiger partial charge in [0.25, 0.3) is 0 Å². The quantitative estimate of drug-likeness (QED) is 0.926. The molecule has 104 valence electrons. The maximum Gasteiger partial charge on any atom is 0.127 e. The van der Waals surface area contributed by atoms with Crippen LogP contribution in [0.2, 0.25) is 0 Å². The Morgan fingerprint density at radius 2 is 2.42 bits per heavy atom. The number of piperidine rings is 1. The fraction of sp³-hybridized carbons (Fsp3) is 0.600. The van der Waals surface area contributed by atoms with Crippen LogP contribution in [-0.2, 0) is 17.8 Å². The average molecular weight is 326 g/mol. The van der Waals surface area contributed by atoms with Gasteiger partial charge >= 0.3 is 0 Å². The van der Waals surface area contributed by atoms with Gasteiger partial charge in [-0.1, -0.05) is 0 Å². The third kappa shape index (κ3) is 2.54. The minimum Gasteiger partial charge on any atom is -0.493 e. The van der Waals surface area contributed by atoms with Gasteiger partial charge in [-0.15, -0.1) is 0 Å². The second-order valence-corrected chi connectivity index (χ2v) is 6.11. The molecule has 3 nitrogen and oxygen atoms in total. The van der Waals surface area contributed by atoms with Crippen molar-refractivity contribution in [1.82, 2.24) is 5.32 Å². The van der Waals surface area contributed by atoms with E-state index in [0.29, 0.717) is 12.5 Å². The minimum atomic E-state index is 0.573. The highest BCUT2D eigenvalue weighted by Crippen LogP contribution is 2.42. The van der Waals surface area contributed by atoms with Crippen LogP contribution < -0.4 is 10.1 Å². The summed E-state index contributed by atoms with van der Waals surface area (Å²) >= 11 is 3.72. The molecule has 1 fully saturated rings. The molecule has 1 aromatic carbocycles. The van der Waals surface area contributed by atoms with Gasteiger partial charge in [-0.2, -0.15) is 0 Å². The minimum absolute atomic E-state index is 0.573. The van der Waals surface area contributed by atoms with Gasteiger partial charge in [0.05, 0.1) is 13.2 Å². The average Bonchev–Trinajstić information content (AvgIpc) is 2.93. The van der Waals surface area contributed by atoms with Crippen LogP contribution in [-0.4, -0.2) is 26.8 Å². The molecular weight excluding hydrogens is 306 g/mol. The molecule has 0 aromatic heterocycles. The molecule has 0 spiro atoms. The van der Waals surface area contributed by atoms with E-state index in [4.69, 9.17) is 9.47 Å². The number of fused-ring (bicyclic) bond motifs is 1. The topological polar surface area (TPSA) is 30.5 Å². The van der Waals surface area contributed by atoms with Gasteiger partial charge < -0.3 is 14.8 Å². The van der Waals surface area contributed by atoms with Crippen molar-refractivity contribution in [3.63, 3.8) is 0 Å². The van der Waals surface area contributed by atoms with Gasteiger partial charge in [0.2, 0.25) is 0 Å². The number of nitrogens with one attached hydrogen (secondary N) is 1. The fourth-order valence-electron chi connectivity index (χ4n) is 3.11. The summed E-state index contributed by atoms with van der Waals surface area (Å²) in [7, 11) is 1.75. The second-order valence-electron chi connectivity index (χ2n) is 5.32. The van der Waals surface area contributed by atoms with Crippen LogP contribution in [0.3, 0.4) is 0 Å². The lowest BCUT2D eigenvalue weighted by Gasteiger charge is -2.25. The van der Waals surface area contributed by atoms with Crippen molar-refractivity contribution >= 4 is 15.9 Å². The Morgan fingerprint density at radius 3 is 3.16 bits per heavy atom. The molecule has 0 radical (unpaired) electrons. The van der Waals surface area contributed by atoms with Gasteiger partial charge in [-0.25, -0.2) is 0 Å². The number of hydrogen-bond donors (Lipinski definition) is 1. The largest absolute Gasteiger partial charge is 0.493 e. The van der Waals surface area contributed by atoms with Crippen molar-refractivity contribution in [2.75, 3.05) is 26.8 Å². The number of hydrogen-bond acceptors (Lipinski definition) is 3. The Kier molecular flexibility index (Phi) is 4.10. The molecule has 3 rings (SSSR count). The molecule has 2 aliphatic heterocycles. The summed E-state index contributed by atoms with van der Waals surface area (Å²) in [6, 6.07) is 2.27. The standard InChI is InChI=1S/C15H20BrNO2/c1-18-9-11-7-13(10-3-2-5-17-8-10)15-12(14(11)16)4-6-19-15/h7,10,17H,2-6,8-9H2,1H3. The van der Waals surface area contributed by atoms with Gasteiger partial charge in [0.15, 0.2) is 0 Å². The van der Waals surface area contributed by atoms with Crippen molar-refractivity contribution < 1.29 is 9.47 Å². The molecular formula is C15H20BrNO2. The van der Waals surface area contributed by atoms with E-state index in [0.717, 1.165) is 31.9 Å². The predicted octanol–water partition coefficient (Wildman–Crippen LogP) is 3.00. The third-order valence-electron chi connectivity index (χ3n) is 4.05. The molecule has 1 unspecified atom stereocenters. The summed E-state index contributed by atoms with van der Waals surface area (Å²) in [5, 5.41) is 3.49. The summed E-state index contributed by atoms with van der Waals surface area (Å²) in [4.78, 5) is 0. The summed E-state index contributed by atoms with van der Waals surface area (Å²) in [6.45, 7) is 3.66. The lowest BCUT2D eigenvalue weighted by atomic mass is 9.88. The highest BCUT2D eigenvalue weighted by Gasteiger charge is 2.27. The number of rotatable bonds is 3. The molecule has 0 amide bonds. The molecule has 0 aliphatic carbocycles. The Hall–Kier alpha value is -0.580. The lowest BCUT2D eigenvalue weighted by molar-refractivity contribution is 0.184. The molecule has 2 heterocycles. The van der Waals surface area contributed by atoms with Crippen LogP contribution >= 0.6 is 15.9 Å². The number of halogens is 1. The van der Waals surface area contributed by atoms with E-state index in [1.165, 1.54) is 34.0 Å². The summed E-state index contributed by atoms with van der Waals surface area (Å²) in [5.74, 6) is 1.70. The van der Waals surface area contributed by atoms with Crippen LogP contribution in [0.1, 0.15) is 35.4 Å². The van der Waals surface area contributed by atoms with E-state index in [-0.39, 0.29) is 0 Å². The maximum absolute atomic E-state index is 5.90. The summed E-state index contributed by atoms with van der Waals surface area (Å²) < 4.78 is 12.4. The van der Waals surface area contributed by atoms with Crippen molar-refractivity contribution in [3.8, 4) is 5.75 Å². The number of benzene rings is 1. The van der Waals surface area contributed by atoms with E-state index in [1.807, 2.05) is 0 Å². The molecule has 1 aromatic rings. The first kappa shape index (κ1) is 13.4. The van der Waals surface area contributed by atoms with Crippen LogP contribution in [0.5, 0.6) is 5.75 Å². The number of ether oxygens (including phenoxy) is 2. The Bertz CT molecular complexity index is 470. The molecule has 1 atom stereocenters. The third-order valence-corrected chi connectivity index (χ3v) is 5.04. The van der Waals surface area contributed by atoms with Crippen LogP contribution in [0.15, 0.2) is 10.5 Å². The second kappa shape index (κ2) is 5.81. The van der Waals surface area contributed by atoms with Crippen molar-refractivity contribution in [1.29, 1.82) is 0 Å². The van der Waals surface area contributed by atoms with Gasteiger partial charge in [-0.05, 0) is 52.5 Å². The molecule has 1 N–H and O–H groups in total. The molecule has 1 saturated heterocycles. The van der Waals surface area contributed by atoms with Crippen LogP contribution in [0.4, 0.5) is 0 Å². The molecule has 2 aliphatic rings. The summed E-state index contributed by atoms with van der Waals surface area (Å²) in [6.07, 6.45) is 3.49. The highest BCUT2D eigenvalue weighted by atomic mass is 79.9. The van der Waals surface area contributed by atoms with Gasteiger partial charge in [-0.3, -0.25) is 0 Å². The van der Waals surface area contributed by atoms with Crippen molar-refractivity contribution in [3.05, 3.63) is 27.2 Å².